The second kappa shape index (κ2) is 9.66. The van der Waals surface area contributed by atoms with Gasteiger partial charge in [-0.1, -0.05) is 12.1 Å². The quantitative estimate of drug-likeness (QED) is 0.570. The van der Waals surface area contributed by atoms with E-state index in [1.54, 1.807) is 36.7 Å². The Bertz CT molecular complexity index is 1160. The molecule has 2 heterocycles. The number of aromatic nitrogens is 3. The molecule has 0 saturated carbocycles. The minimum Gasteiger partial charge on any atom is -0.494 e. The van der Waals surface area contributed by atoms with E-state index in [-0.39, 0.29) is 21.8 Å². The maximum Gasteiger partial charge on any atom is 0.272 e. The smallest absolute Gasteiger partial charge is 0.272 e. The summed E-state index contributed by atoms with van der Waals surface area (Å²) in [5.41, 5.74) is 0.833. The summed E-state index contributed by atoms with van der Waals surface area (Å²) < 4.78 is 5.70. The highest BCUT2D eigenvalue weighted by molar-refractivity contribution is 5.50. The van der Waals surface area contributed by atoms with Gasteiger partial charge in [-0.15, -0.1) is 0 Å². The van der Waals surface area contributed by atoms with E-state index in [0.29, 0.717) is 6.61 Å². The molecule has 0 atom stereocenters. The molecule has 2 aromatic heterocycles. The zero-order chi connectivity index (χ0) is 20.6. The van der Waals surface area contributed by atoms with Gasteiger partial charge in [0.05, 0.1) is 6.61 Å². The van der Waals surface area contributed by atoms with Gasteiger partial charge in [0, 0.05) is 18.9 Å². The van der Waals surface area contributed by atoms with Crippen LogP contribution < -0.4 is 26.6 Å². The minimum atomic E-state index is -0.367. The standard InChI is InChI=1S/C22H24N4O3/c1-26(2)12-3-13-29-18-6-4-16(5-7-18)14-19-21(27)25-20(22(28)24-19)15-17-8-10-23-11-9-17/h4-11,14-15H,3,12-13H2,1-2H3,(H,24,28)(H,25,27). The Hall–Kier alpha value is -3.45. The van der Waals surface area contributed by atoms with Gasteiger partial charge < -0.3 is 19.6 Å². The number of hydrogen-bond donors (Lipinski definition) is 2. The van der Waals surface area contributed by atoms with Gasteiger partial charge in [-0.2, -0.15) is 0 Å². The van der Waals surface area contributed by atoms with E-state index in [9.17, 15) is 9.59 Å². The number of hydrogen-bond acceptors (Lipinski definition) is 5. The van der Waals surface area contributed by atoms with Crippen LogP contribution in [0.5, 0.6) is 5.75 Å². The van der Waals surface area contributed by atoms with Crippen LogP contribution in [0.1, 0.15) is 17.5 Å². The average Bonchev–Trinajstić information content (AvgIpc) is 2.71. The van der Waals surface area contributed by atoms with Crippen LogP contribution in [0.3, 0.4) is 0 Å². The summed E-state index contributed by atoms with van der Waals surface area (Å²) in [5, 5.41) is 0.390. The lowest BCUT2D eigenvalue weighted by Crippen LogP contribution is -2.46. The van der Waals surface area contributed by atoms with Gasteiger partial charge >= 0.3 is 0 Å². The maximum atomic E-state index is 12.4. The van der Waals surface area contributed by atoms with E-state index >= 15 is 0 Å². The van der Waals surface area contributed by atoms with E-state index in [4.69, 9.17) is 4.74 Å². The van der Waals surface area contributed by atoms with E-state index in [1.165, 1.54) is 0 Å². The second-order valence-corrected chi connectivity index (χ2v) is 6.88. The van der Waals surface area contributed by atoms with Crippen LogP contribution >= 0.6 is 0 Å². The highest BCUT2D eigenvalue weighted by Gasteiger charge is 1.99. The van der Waals surface area contributed by atoms with Crippen molar-refractivity contribution in [1.29, 1.82) is 0 Å². The number of rotatable bonds is 7. The van der Waals surface area contributed by atoms with Gasteiger partial charge in [0.2, 0.25) is 0 Å². The van der Waals surface area contributed by atoms with Gasteiger partial charge in [-0.3, -0.25) is 14.6 Å². The van der Waals surface area contributed by atoms with Gasteiger partial charge in [-0.25, -0.2) is 0 Å². The third-order valence-electron chi connectivity index (χ3n) is 4.21. The number of benzene rings is 1. The van der Waals surface area contributed by atoms with Crippen molar-refractivity contribution in [1.82, 2.24) is 19.9 Å². The van der Waals surface area contributed by atoms with Crippen molar-refractivity contribution < 1.29 is 4.74 Å². The van der Waals surface area contributed by atoms with Gasteiger partial charge in [-0.05, 0) is 68.1 Å². The molecule has 29 heavy (non-hydrogen) atoms. The summed E-state index contributed by atoms with van der Waals surface area (Å²) in [6, 6.07) is 10.9. The topological polar surface area (TPSA) is 91.1 Å². The molecular weight excluding hydrogens is 368 g/mol. The number of nitrogens with one attached hydrogen (secondary N) is 2. The first-order chi connectivity index (χ1) is 14.0. The minimum absolute atomic E-state index is 0.194. The van der Waals surface area contributed by atoms with Crippen LogP contribution in [0.15, 0.2) is 58.4 Å². The van der Waals surface area contributed by atoms with Crippen molar-refractivity contribution in [3.8, 4) is 5.75 Å². The first-order valence-electron chi connectivity index (χ1n) is 9.35. The molecule has 3 aromatic rings. The Labute approximate surface area is 168 Å². The van der Waals surface area contributed by atoms with Gasteiger partial charge in [0.15, 0.2) is 0 Å². The van der Waals surface area contributed by atoms with Gasteiger partial charge in [0.25, 0.3) is 11.1 Å². The second-order valence-electron chi connectivity index (χ2n) is 6.88. The monoisotopic (exact) mass is 392 g/mol. The SMILES string of the molecule is CN(C)CCCOc1ccc(C=c2[nH]c(=O)c(=Cc3ccncc3)[nH]c2=O)cc1. The molecule has 1 aromatic carbocycles. The lowest BCUT2D eigenvalue weighted by Gasteiger charge is -2.10. The highest BCUT2D eigenvalue weighted by atomic mass is 16.5. The molecule has 0 aliphatic heterocycles. The summed E-state index contributed by atoms with van der Waals surface area (Å²) in [6.45, 7) is 1.61. The fourth-order valence-corrected chi connectivity index (χ4v) is 2.72. The Morgan fingerprint density at radius 3 is 2.00 bits per heavy atom. The van der Waals surface area contributed by atoms with Crippen LogP contribution in [0, 0.1) is 0 Å². The molecule has 7 heteroatoms. The van der Waals surface area contributed by atoms with Crippen molar-refractivity contribution >= 4 is 12.2 Å². The number of pyridine rings is 1. The summed E-state index contributed by atoms with van der Waals surface area (Å²) in [7, 11) is 4.06. The van der Waals surface area contributed by atoms with Crippen molar-refractivity contribution in [2.45, 2.75) is 6.42 Å². The number of aromatic amines is 2. The van der Waals surface area contributed by atoms with E-state index in [0.717, 1.165) is 29.8 Å². The average molecular weight is 392 g/mol. The Balaban J connectivity index is 1.78. The fourth-order valence-electron chi connectivity index (χ4n) is 2.72. The van der Waals surface area contributed by atoms with Crippen molar-refractivity contribution in [2.24, 2.45) is 0 Å². The molecule has 0 bridgehead atoms. The van der Waals surface area contributed by atoms with Crippen molar-refractivity contribution in [2.75, 3.05) is 27.2 Å². The molecule has 3 rings (SSSR count). The van der Waals surface area contributed by atoms with Crippen LogP contribution in [-0.2, 0) is 0 Å². The third kappa shape index (κ3) is 6.02. The van der Waals surface area contributed by atoms with Crippen LogP contribution in [0.4, 0.5) is 0 Å². The molecule has 0 saturated heterocycles. The molecule has 0 unspecified atom stereocenters. The molecule has 0 aliphatic rings. The predicted molar refractivity (Wildman–Crippen MR) is 113 cm³/mol. The Morgan fingerprint density at radius 2 is 1.45 bits per heavy atom. The van der Waals surface area contributed by atoms with E-state index in [1.807, 2.05) is 38.4 Å². The fraction of sp³-hybridized carbons (Fsp3) is 0.227. The molecule has 0 fully saturated rings. The summed E-state index contributed by atoms with van der Waals surface area (Å²) in [4.78, 5) is 36.0. The Kier molecular flexibility index (Phi) is 6.76. The summed E-state index contributed by atoms with van der Waals surface area (Å²) >= 11 is 0. The van der Waals surface area contributed by atoms with Crippen LogP contribution in [0.25, 0.3) is 12.2 Å². The molecule has 2 N–H and O–H groups in total. The number of ether oxygens (including phenoxy) is 1. The largest absolute Gasteiger partial charge is 0.494 e. The zero-order valence-corrected chi connectivity index (χ0v) is 16.5. The zero-order valence-electron chi connectivity index (χ0n) is 16.5. The van der Waals surface area contributed by atoms with Crippen LogP contribution in [0.2, 0.25) is 0 Å². The highest BCUT2D eigenvalue weighted by Crippen LogP contribution is 2.12. The van der Waals surface area contributed by atoms with Crippen molar-refractivity contribution in [3.05, 3.63) is 91.3 Å². The van der Waals surface area contributed by atoms with E-state index < -0.39 is 0 Å². The summed E-state index contributed by atoms with van der Waals surface area (Å²) in [5.74, 6) is 0.769. The first kappa shape index (κ1) is 20.3. The lowest BCUT2D eigenvalue weighted by molar-refractivity contribution is 0.281. The lowest BCUT2D eigenvalue weighted by atomic mass is 10.2. The maximum absolute atomic E-state index is 12.4. The van der Waals surface area contributed by atoms with Crippen molar-refractivity contribution in [3.63, 3.8) is 0 Å². The van der Waals surface area contributed by atoms with Gasteiger partial charge in [0.1, 0.15) is 16.4 Å². The number of H-pyrrole nitrogens is 2. The predicted octanol–water partition coefficient (Wildman–Crippen LogP) is 0.446. The molecule has 7 nitrogen and oxygen atoms in total. The molecule has 0 spiro atoms. The molecule has 0 amide bonds. The normalized spacial score (nSPS) is 12.5. The first-order valence-corrected chi connectivity index (χ1v) is 9.35. The Morgan fingerprint density at radius 1 is 0.897 bits per heavy atom. The summed E-state index contributed by atoms with van der Waals surface area (Å²) in [6.07, 6.45) is 7.42. The molecular formula is C22H24N4O3. The third-order valence-corrected chi connectivity index (χ3v) is 4.21. The molecule has 150 valence electrons. The number of nitrogens with zero attached hydrogens (tertiary/aromatic N) is 2. The van der Waals surface area contributed by atoms with E-state index in [2.05, 4.69) is 19.9 Å². The molecule has 0 radical (unpaired) electrons. The van der Waals surface area contributed by atoms with Crippen LogP contribution in [-0.4, -0.2) is 47.1 Å². The molecule has 0 aliphatic carbocycles.